The van der Waals surface area contributed by atoms with E-state index < -0.39 is 24.4 Å². The topological polar surface area (TPSA) is 92.2 Å². The second-order valence-corrected chi connectivity index (χ2v) is 6.39. The van der Waals surface area contributed by atoms with Crippen LogP contribution in [0.3, 0.4) is 0 Å². The Balaban J connectivity index is 0.00000210. The van der Waals surface area contributed by atoms with E-state index in [1.54, 1.807) is 36.4 Å². The first-order valence-electron chi connectivity index (χ1n) is 8.42. The van der Waals surface area contributed by atoms with Gasteiger partial charge in [0.1, 0.15) is 17.4 Å². The van der Waals surface area contributed by atoms with Crippen LogP contribution in [-0.2, 0) is 11.2 Å². The molecule has 0 radical (unpaired) electrons. The standard InChI is InChI=1S/C19H18F2N4O2.2ClH/c20-19(21)7-9-25(12-19)18(26)16(23)10-13-3-5-15(6-4-13)27-17-14(11-22)2-1-8-24-17;;/h1-6,8,16H,7,9-10,12,23H2;2*1H/t16-;;/m0../s1. The first-order valence-corrected chi connectivity index (χ1v) is 8.42. The monoisotopic (exact) mass is 444 g/mol. The number of alkyl halides is 2. The Hall–Kier alpha value is -2.47. The van der Waals surface area contributed by atoms with Gasteiger partial charge in [0.25, 0.3) is 5.92 Å². The summed E-state index contributed by atoms with van der Waals surface area (Å²) in [5.41, 5.74) is 6.99. The lowest BCUT2D eigenvalue weighted by Crippen LogP contribution is -2.44. The molecule has 0 saturated carbocycles. The predicted molar refractivity (Wildman–Crippen MR) is 108 cm³/mol. The Labute approximate surface area is 179 Å². The average molecular weight is 445 g/mol. The van der Waals surface area contributed by atoms with Gasteiger partial charge in [0.2, 0.25) is 11.8 Å². The van der Waals surface area contributed by atoms with Gasteiger partial charge < -0.3 is 15.4 Å². The number of hydrogen-bond donors (Lipinski definition) is 1. The first-order chi connectivity index (χ1) is 12.9. The summed E-state index contributed by atoms with van der Waals surface area (Å²) in [5, 5.41) is 9.05. The van der Waals surface area contributed by atoms with Crippen molar-refractivity contribution in [2.24, 2.45) is 5.73 Å². The van der Waals surface area contributed by atoms with Crippen LogP contribution in [0.2, 0.25) is 0 Å². The van der Waals surface area contributed by atoms with E-state index in [-0.39, 0.29) is 50.1 Å². The van der Waals surface area contributed by atoms with Crippen molar-refractivity contribution >= 4 is 30.7 Å². The largest absolute Gasteiger partial charge is 0.438 e. The lowest BCUT2D eigenvalue weighted by molar-refractivity contribution is -0.133. The van der Waals surface area contributed by atoms with Crippen LogP contribution < -0.4 is 10.5 Å². The van der Waals surface area contributed by atoms with Gasteiger partial charge in [-0.3, -0.25) is 4.79 Å². The van der Waals surface area contributed by atoms with Crippen LogP contribution in [0.25, 0.3) is 0 Å². The molecule has 6 nitrogen and oxygen atoms in total. The van der Waals surface area contributed by atoms with Gasteiger partial charge in [-0.1, -0.05) is 12.1 Å². The van der Waals surface area contributed by atoms with E-state index in [0.717, 1.165) is 10.5 Å². The van der Waals surface area contributed by atoms with Crippen molar-refractivity contribution in [2.75, 3.05) is 13.1 Å². The summed E-state index contributed by atoms with van der Waals surface area (Å²) in [6.07, 6.45) is 1.43. The van der Waals surface area contributed by atoms with Crippen molar-refractivity contribution in [1.29, 1.82) is 5.26 Å². The van der Waals surface area contributed by atoms with Crippen molar-refractivity contribution in [3.05, 3.63) is 53.7 Å². The van der Waals surface area contributed by atoms with Crippen LogP contribution in [0.1, 0.15) is 17.5 Å². The molecule has 2 aromatic rings. The Bertz CT molecular complexity index is 875. The molecule has 2 N–H and O–H groups in total. The summed E-state index contributed by atoms with van der Waals surface area (Å²) in [4.78, 5) is 17.4. The van der Waals surface area contributed by atoms with E-state index in [9.17, 15) is 13.6 Å². The second-order valence-electron chi connectivity index (χ2n) is 6.39. The number of nitrogens with zero attached hydrogens (tertiary/aromatic N) is 3. The highest BCUT2D eigenvalue weighted by Gasteiger charge is 2.41. The van der Waals surface area contributed by atoms with E-state index in [2.05, 4.69) is 4.98 Å². The molecule has 1 amide bonds. The molecule has 0 bridgehead atoms. The number of benzene rings is 1. The lowest BCUT2D eigenvalue weighted by atomic mass is 10.1. The summed E-state index contributed by atoms with van der Waals surface area (Å²) < 4.78 is 32.1. The van der Waals surface area contributed by atoms with Gasteiger partial charge in [0.05, 0.1) is 12.6 Å². The highest BCUT2D eigenvalue weighted by atomic mass is 35.5. The number of hydrogen-bond acceptors (Lipinski definition) is 5. The van der Waals surface area contributed by atoms with Crippen molar-refractivity contribution in [3.63, 3.8) is 0 Å². The molecule has 1 aromatic heterocycles. The van der Waals surface area contributed by atoms with Crippen LogP contribution in [0.15, 0.2) is 42.6 Å². The zero-order valence-electron chi connectivity index (χ0n) is 15.3. The molecule has 0 spiro atoms. The zero-order chi connectivity index (χ0) is 19.4. The number of aromatic nitrogens is 1. The van der Waals surface area contributed by atoms with Crippen LogP contribution in [0, 0.1) is 11.3 Å². The van der Waals surface area contributed by atoms with E-state index >= 15 is 0 Å². The Morgan fingerprint density at radius 1 is 1.31 bits per heavy atom. The molecule has 1 aromatic carbocycles. The minimum atomic E-state index is -2.83. The Kier molecular flexibility index (Phi) is 8.77. The number of halogens is 4. The van der Waals surface area contributed by atoms with Crippen molar-refractivity contribution in [1.82, 2.24) is 9.88 Å². The number of nitrogens with two attached hydrogens (primary N) is 1. The fraction of sp³-hybridized carbons (Fsp3) is 0.316. The molecule has 1 aliphatic heterocycles. The molecule has 1 fully saturated rings. The summed E-state index contributed by atoms with van der Waals surface area (Å²) in [6.45, 7) is -0.546. The number of pyridine rings is 1. The molecule has 156 valence electrons. The molecule has 29 heavy (non-hydrogen) atoms. The Morgan fingerprint density at radius 3 is 2.59 bits per heavy atom. The van der Waals surface area contributed by atoms with Gasteiger partial charge in [-0.05, 0) is 36.2 Å². The minimum Gasteiger partial charge on any atom is -0.438 e. The molecule has 1 saturated heterocycles. The highest BCUT2D eigenvalue weighted by Crippen LogP contribution is 2.27. The molecule has 1 aliphatic rings. The molecule has 10 heteroatoms. The summed E-state index contributed by atoms with van der Waals surface area (Å²) in [7, 11) is 0. The SMILES string of the molecule is Cl.Cl.N#Cc1cccnc1Oc1ccc(C[C@H](N)C(=O)N2CCC(F)(F)C2)cc1. The van der Waals surface area contributed by atoms with E-state index in [1.807, 2.05) is 6.07 Å². The normalized spacial score (nSPS) is 15.4. The van der Waals surface area contributed by atoms with Gasteiger partial charge >= 0.3 is 0 Å². The van der Waals surface area contributed by atoms with Crippen LogP contribution in [0.4, 0.5) is 8.78 Å². The number of carbonyl (C=O) groups is 1. The van der Waals surface area contributed by atoms with E-state index in [0.29, 0.717) is 11.3 Å². The number of amides is 1. The quantitative estimate of drug-likeness (QED) is 0.763. The van der Waals surface area contributed by atoms with Crippen LogP contribution >= 0.6 is 24.8 Å². The number of likely N-dealkylation sites (tertiary alicyclic amines) is 1. The third-order valence-electron chi connectivity index (χ3n) is 4.28. The van der Waals surface area contributed by atoms with Gasteiger partial charge in [-0.2, -0.15) is 5.26 Å². The van der Waals surface area contributed by atoms with Gasteiger partial charge in [0.15, 0.2) is 0 Å². The van der Waals surface area contributed by atoms with E-state index in [4.69, 9.17) is 15.7 Å². The number of carbonyl (C=O) groups excluding carboxylic acids is 1. The van der Waals surface area contributed by atoms with Gasteiger partial charge in [-0.15, -0.1) is 24.8 Å². The maximum absolute atomic E-state index is 13.2. The maximum atomic E-state index is 13.2. The van der Waals surface area contributed by atoms with Crippen molar-refractivity contribution in [3.8, 4) is 17.7 Å². The fourth-order valence-corrected chi connectivity index (χ4v) is 2.86. The summed E-state index contributed by atoms with van der Waals surface area (Å²) >= 11 is 0. The van der Waals surface area contributed by atoms with Crippen molar-refractivity contribution < 1.29 is 18.3 Å². The molecule has 0 unspecified atom stereocenters. The van der Waals surface area contributed by atoms with E-state index in [1.165, 1.54) is 6.20 Å². The zero-order valence-corrected chi connectivity index (χ0v) is 16.9. The fourth-order valence-electron chi connectivity index (χ4n) is 2.86. The van der Waals surface area contributed by atoms with Crippen molar-refractivity contribution in [2.45, 2.75) is 24.8 Å². The Morgan fingerprint density at radius 2 is 2.00 bits per heavy atom. The highest BCUT2D eigenvalue weighted by molar-refractivity contribution is 5.85. The summed E-state index contributed by atoms with van der Waals surface area (Å²) in [6, 6.07) is 11.2. The molecule has 2 heterocycles. The molecular weight excluding hydrogens is 425 g/mol. The second kappa shape index (κ2) is 10.3. The molecule has 3 rings (SSSR count). The maximum Gasteiger partial charge on any atom is 0.267 e. The average Bonchev–Trinajstić information content (AvgIpc) is 3.03. The number of ether oxygens (including phenoxy) is 1. The van der Waals surface area contributed by atoms with Crippen LogP contribution in [0.5, 0.6) is 11.6 Å². The molecular formula is C19H20Cl2F2N4O2. The first kappa shape index (κ1) is 24.6. The van der Waals surface area contributed by atoms with Crippen LogP contribution in [-0.4, -0.2) is 40.8 Å². The smallest absolute Gasteiger partial charge is 0.267 e. The third kappa shape index (κ3) is 6.26. The summed E-state index contributed by atoms with van der Waals surface area (Å²) in [5.74, 6) is -2.62. The number of rotatable bonds is 5. The minimum absolute atomic E-state index is 0. The molecule has 1 atom stereocenters. The third-order valence-corrected chi connectivity index (χ3v) is 4.28. The number of nitriles is 1. The van der Waals surface area contributed by atoms with Gasteiger partial charge in [-0.25, -0.2) is 13.8 Å². The molecule has 0 aliphatic carbocycles. The lowest BCUT2D eigenvalue weighted by Gasteiger charge is -2.20. The van der Waals surface area contributed by atoms with Gasteiger partial charge in [0, 0.05) is 19.2 Å². The predicted octanol–water partition coefficient (Wildman–Crippen LogP) is 3.33.